The van der Waals surface area contributed by atoms with E-state index in [2.05, 4.69) is 9.80 Å². The summed E-state index contributed by atoms with van der Waals surface area (Å²) in [6.45, 7) is 3.43. The van der Waals surface area contributed by atoms with Crippen molar-refractivity contribution in [3.63, 3.8) is 0 Å². The van der Waals surface area contributed by atoms with Crippen molar-refractivity contribution < 1.29 is 27.8 Å². The summed E-state index contributed by atoms with van der Waals surface area (Å²) in [5.41, 5.74) is 1.00. The van der Waals surface area contributed by atoms with E-state index in [1.165, 1.54) is 0 Å². The first-order valence-corrected chi connectivity index (χ1v) is 10.3. The molecule has 1 aromatic rings. The van der Waals surface area contributed by atoms with Crippen molar-refractivity contribution in [1.29, 1.82) is 0 Å². The molecule has 8 nitrogen and oxygen atoms in total. The molecule has 0 saturated carbocycles. The fourth-order valence-corrected chi connectivity index (χ4v) is 4.01. The lowest BCUT2D eigenvalue weighted by Gasteiger charge is -2.24. The maximum absolute atomic E-state index is 11.8. The second-order valence-corrected chi connectivity index (χ2v) is 8.42. The number of benzene rings is 1. The van der Waals surface area contributed by atoms with E-state index in [9.17, 15) is 13.2 Å². The number of rotatable bonds is 8. The summed E-state index contributed by atoms with van der Waals surface area (Å²) in [6, 6.07) is 5.73. The van der Waals surface area contributed by atoms with E-state index in [1.54, 1.807) is 14.2 Å². The van der Waals surface area contributed by atoms with Gasteiger partial charge in [-0.05, 0) is 13.0 Å². The summed E-state index contributed by atoms with van der Waals surface area (Å²) in [5.74, 6) is -0.803. The summed E-state index contributed by atoms with van der Waals surface area (Å²) < 4.78 is 34.1. The molecule has 9 heteroatoms. The van der Waals surface area contributed by atoms with Crippen LogP contribution in [-0.4, -0.2) is 82.8 Å². The summed E-state index contributed by atoms with van der Waals surface area (Å²) in [5, 5.41) is 8.66. The van der Waals surface area contributed by atoms with Gasteiger partial charge in [0.25, 0.3) is 0 Å². The van der Waals surface area contributed by atoms with Crippen molar-refractivity contribution in [3.8, 4) is 11.5 Å². The highest BCUT2D eigenvalue weighted by atomic mass is 32.2. The van der Waals surface area contributed by atoms with Gasteiger partial charge in [-0.3, -0.25) is 4.79 Å². The molecule has 1 aromatic carbocycles. The number of carboxylic acids is 1. The summed E-state index contributed by atoms with van der Waals surface area (Å²) >= 11 is 0. The average Bonchev–Trinajstić information content (AvgIpc) is 2.84. The maximum atomic E-state index is 11.8. The summed E-state index contributed by atoms with van der Waals surface area (Å²) in [4.78, 5) is 14.9. The molecule has 26 heavy (non-hydrogen) atoms. The standard InChI is InChI=1S/C17H26N2O6S/c1-24-15-10-14(11-16(12-15)25-2)19-5-3-4-18(6-7-19)8-9-26(22,23)13-17(20)21/h10-12H,3-9,13H2,1-2H3,(H,20,21). The van der Waals surface area contributed by atoms with Gasteiger partial charge >= 0.3 is 5.97 Å². The molecule has 2 rings (SSSR count). The molecule has 0 aromatic heterocycles. The zero-order valence-corrected chi connectivity index (χ0v) is 16.0. The number of ether oxygens (including phenoxy) is 2. The smallest absolute Gasteiger partial charge is 0.318 e. The molecular weight excluding hydrogens is 360 g/mol. The van der Waals surface area contributed by atoms with E-state index in [0.717, 1.165) is 43.2 Å². The van der Waals surface area contributed by atoms with Gasteiger partial charge in [0.15, 0.2) is 9.84 Å². The molecule has 0 unspecified atom stereocenters. The lowest BCUT2D eigenvalue weighted by Crippen LogP contribution is -2.34. The van der Waals surface area contributed by atoms with Crippen LogP contribution in [0.3, 0.4) is 0 Å². The molecule has 146 valence electrons. The highest BCUT2D eigenvalue weighted by Gasteiger charge is 2.20. The Hall–Kier alpha value is -2.00. The van der Waals surface area contributed by atoms with E-state index >= 15 is 0 Å². The van der Waals surface area contributed by atoms with Gasteiger partial charge in [0.1, 0.15) is 17.3 Å². The van der Waals surface area contributed by atoms with E-state index < -0.39 is 21.6 Å². The average molecular weight is 386 g/mol. The van der Waals surface area contributed by atoms with Gasteiger partial charge in [0.2, 0.25) is 0 Å². The molecule has 1 fully saturated rings. The molecule has 1 aliphatic heterocycles. The zero-order chi connectivity index (χ0) is 19.2. The van der Waals surface area contributed by atoms with Gasteiger partial charge in [-0.1, -0.05) is 0 Å². The van der Waals surface area contributed by atoms with E-state index in [-0.39, 0.29) is 5.75 Å². The number of aliphatic carboxylic acids is 1. The van der Waals surface area contributed by atoms with Gasteiger partial charge in [-0.25, -0.2) is 8.42 Å². The Morgan fingerprint density at radius 2 is 1.73 bits per heavy atom. The topological polar surface area (TPSA) is 96.4 Å². The number of anilines is 1. The quantitative estimate of drug-likeness (QED) is 0.698. The molecule has 1 N–H and O–H groups in total. The van der Waals surface area contributed by atoms with Crippen LogP contribution in [0.15, 0.2) is 18.2 Å². The van der Waals surface area contributed by atoms with Crippen molar-refractivity contribution in [1.82, 2.24) is 4.90 Å². The van der Waals surface area contributed by atoms with Crippen LogP contribution in [0.4, 0.5) is 5.69 Å². The predicted octanol–water partition coefficient (Wildman–Crippen LogP) is 0.715. The molecule has 0 atom stereocenters. The van der Waals surface area contributed by atoms with Crippen molar-refractivity contribution in [2.75, 3.05) is 63.3 Å². The van der Waals surface area contributed by atoms with Gasteiger partial charge in [0.05, 0.1) is 20.0 Å². The summed E-state index contributed by atoms with van der Waals surface area (Å²) in [7, 11) is -0.341. The van der Waals surface area contributed by atoms with Gasteiger partial charge in [-0.2, -0.15) is 0 Å². The molecule has 0 radical (unpaired) electrons. The lowest BCUT2D eigenvalue weighted by atomic mass is 10.2. The summed E-state index contributed by atoms with van der Waals surface area (Å²) in [6.07, 6.45) is 0.887. The Morgan fingerprint density at radius 3 is 2.31 bits per heavy atom. The number of methoxy groups -OCH3 is 2. The highest BCUT2D eigenvalue weighted by Crippen LogP contribution is 2.29. The van der Waals surface area contributed by atoms with Gasteiger partial charge < -0.3 is 24.4 Å². The molecular formula is C17H26N2O6S. The van der Waals surface area contributed by atoms with Crippen LogP contribution in [0, 0.1) is 0 Å². The van der Waals surface area contributed by atoms with Gasteiger partial charge in [-0.15, -0.1) is 0 Å². The van der Waals surface area contributed by atoms with Crippen LogP contribution in [0.25, 0.3) is 0 Å². The van der Waals surface area contributed by atoms with Crippen LogP contribution in [0.1, 0.15) is 6.42 Å². The molecule has 1 aliphatic rings. The Balaban J connectivity index is 1.97. The van der Waals surface area contributed by atoms with E-state index in [1.807, 2.05) is 18.2 Å². The van der Waals surface area contributed by atoms with Gasteiger partial charge in [0, 0.05) is 50.1 Å². The van der Waals surface area contributed by atoms with Crippen LogP contribution in [0.2, 0.25) is 0 Å². The second kappa shape index (κ2) is 9.09. The largest absolute Gasteiger partial charge is 0.497 e. The fourth-order valence-electron chi connectivity index (χ4n) is 2.96. The molecule has 0 spiro atoms. The zero-order valence-electron chi connectivity index (χ0n) is 15.2. The normalized spacial score (nSPS) is 16.2. The number of hydrogen-bond acceptors (Lipinski definition) is 7. The van der Waals surface area contributed by atoms with Crippen molar-refractivity contribution in [3.05, 3.63) is 18.2 Å². The minimum atomic E-state index is -3.56. The van der Waals surface area contributed by atoms with Crippen LogP contribution >= 0.6 is 0 Å². The number of nitrogens with zero attached hydrogens (tertiary/aromatic N) is 2. The molecule has 0 bridgehead atoms. The van der Waals surface area contributed by atoms with Crippen molar-refractivity contribution in [2.45, 2.75) is 6.42 Å². The number of sulfone groups is 1. The third-order valence-electron chi connectivity index (χ3n) is 4.35. The SMILES string of the molecule is COc1cc(OC)cc(N2CCCN(CCS(=O)(=O)CC(=O)O)CC2)c1. The Kier molecular flexibility index (Phi) is 7.10. The van der Waals surface area contributed by atoms with Crippen molar-refractivity contribution in [2.24, 2.45) is 0 Å². The minimum Gasteiger partial charge on any atom is -0.497 e. The lowest BCUT2D eigenvalue weighted by molar-refractivity contribution is -0.134. The highest BCUT2D eigenvalue weighted by molar-refractivity contribution is 7.92. The number of hydrogen-bond donors (Lipinski definition) is 1. The first-order chi connectivity index (χ1) is 12.3. The van der Waals surface area contributed by atoms with Crippen LogP contribution in [-0.2, 0) is 14.6 Å². The second-order valence-electron chi connectivity index (χ2n) is 6.24. The predicted molar refractivity (Wildman–Crippen MR) is 99.1 cm³/mol. The fraction of sp³-hybridized carbons (Fsp3) is 0.588. The Bertz CT molecular complexity index is 700. The Labute approximate surface area is 154 Å². The molecule has 1 heterocycles. The molecule has 1 saturated heterocycles. The van der Waals surface area contributed by atoms with Crippen LogP contribution in [0.5, 0.6) is 11.5 Å². The Morgan fingerprint density at radius 1 is 1.08 bits per heavy atom. The molecule has 0 aliphatic carbocycles. The minimum absolute atomic E-state index is 0.133. The monoisotopic (exact) mass is 386 g/mol. The number of carbonyl (C=O) groups is 1. The van der Waals surface area contributed by atoms with Crippen LogP contribution < -0.4 is 14.4 Å². The maximum Gasteiger partial charge on any atom is 0.318 e. The third-order valence-corrected chi connectivity index (χ3v) is 5.84. The molecule has 0 amide bonds. The van der Waals surface area contributed by atoms with E-state index in [4.69, 9.17) is 14.6 Å². The third kappa shape index (κ3) is 6.06. The van der Waals surface area contributed by atoms with Crippen molar-refractivity contribution >= 4 is 21.5 Å². The first kappa shape index (κ1) is 20.3. The first-order valence-electron chi connectivity index (χ1n) is 8.45. The number of carboxylic acid groups (broad SMARTS) is 1. The van der Waals surface area contributed by atoms with E-state index in [0.29, 0.717) is 13.1 Å².